The summed E-state index contributed by atoms with van der Waals surface area (Å²) in [5, 5.41) is 2.74. The van der Waals surface area contributed by atoms with E-state index in [-0.39, 0.29) is 24.7 Å². The minimum atomic E-state index is 0. The summed E-state index contributed by atoms with van der Waals surface area (Å²) in [4.78, 5) is 10.6. The second kappa shape index (κ2) is 9.79. The molecule has 56 valence electrons. The molecule has 0 fully saturated rings. The van der Waals surface area contributed by atoms with Crippen molar-refractivity contribution in [1.29, 1.82) is 0 Å². The maximum absolute atomic E-state index is 10.6. The molecule has 0 bridgehead atoms. The van der Waals surface area contributed by atoms with E-state index in [2.05, 4.69) is 5.32 Å². The summed E-state index contributed by atoms with van der Waals surface area (Å²) < 4.78 is 0. The Kier molecular flexibility index (Phi) is 13.1. The van der Waals surface area contributed by atoms with E-state index in [1.54, 1.807) is 10.8 Å². The van der Waals surface area contributed by atoms with Crippen molar-refractivity contribution in [2.75, 3.05) is 12.3 Å². The molecule has 0 aromatic rings. The summed E-state index contributed by atoms with van der Waals surface area (Å²) in [6, 6.07) is 0. The van der Waals surface area contributed by atoms with E-state index in [4.69, 9.17) is 0 Å². The van der Waals surface area contributed by atoms with Gasteiger partial charge in [0.05, 0.1) is 0 Å². The molecule has 0 aliphatic carbocycles. The van der Waals surface area contributed by atoms with Gasteiger partial charge in [-0.05, 0) is 6.92 Å². The second-order valence-corrected chi connectivity index (χ2v) is 3.87. The van der Waals surface area contributed by atoms with E-state index in [1.807, 2.05) is 13.8 Å². The van der Waals surface area contributed by atoms with Crippen molar-refractivity contribution in [3.63, 3.8) is 0 Å². The van der Waals surface area contributed by atoms with Crippen LogP contribution in [0.15, 0.2) is 0 Å². The van der Waals surface area contributed by atoms with Crippen LogP contribution in [0.5, 0.6) is 0 Å². The standard InChI is InChI=1S/C5H11NOS2.Zn/c1-3-6-5(7)9-8-4-2;/h3-4H2,1-2H3,(H,6,7);. The Morgan fingerprint density at radius 1 is 1.50 bits per heavy atom. The van der Waals surface area contributed by atoms with Crippen molar-refractivity contribution in [1.82, 2.24) is 5.32 Å². The number of nitrogens with one attached hydrogen (secondary N) is 1. The van der Waals surface area contributed by atoms with Crippen molar-refractivity contribution in [3.8, 4) is 0 Å². The molecule has 0 aromatic carbocycles. The van der Waals surface area contributed by atoms with Gasteiger partial charge in [-0.3, -0.25) is 4.79 Å². The number of hydrogen-bond donors (Lipinski definition) is 1. The van der Waals surface area contributed by atoms with Gasteiger partial charge in [0.15, 0.2) is 0 Å². The van der Waals surface area contributed by atoms with Crippen LogP contribution >= 0.6 is 21.6 Å². The van der Waals surface area contributed by atoms with Gasteiger partial charge in [-0.15, -0.1) is 0 Å². The van der Waals surface area contributed by atoms with Crippen molar-refractivity contribution < 1.29 is 24.3 Å². The van der Waals surface area contributed by atoms with Crippen molar-refractivity contribution in [3.05, 3.63) is 0 Å². The van der Waals surface area contributed by atoms with Crippen molar-refractivity contribution in [2.24, 2.45) is 0 Å². The fourth-order valence-electron chi connectivity index (χ4n) is 0.286. The van der Waals surface area contributed by atoms with Gasteiger partial charge in [-0.2, -0.15) is 0 Å². The van der Waals surface area contributed by atoms with E-state index < -0.39 is 0 Å². The molecule has 0 spiro atoms. The number of rotatable bonds is 3. The van der Waals surface area contributed by atoms with Crippen molar-refractivity contribution in [2.45, 2.75) is 13.8 Å². The van der Waals surface area contributed by atoms with Gasteiger partial charge in [-0.25, -0.2) is 0 Å². The molecular weight excluding hydrogens is 220 g/mol. The van der Waals surface area contributed by atoms with Crippen LogP contribution in [0, 0.1) is 0 Å². The van der Waals surface area contributed by atoms with Crippen LogP contribution in [-0.2, 0) is 19.5 Å². The summed E-state index contributed by atoms with van der Waals surface area (Å²) in [5.41, 5.74) is 0. The molecule has 2 nitrogen and oxygen atoms in total. The fourth-order valence-corrected chi connectivity index (χ4v) is 1.57. The van der Waals surface area contributed by atoms with Gasteiger partial charge in [0.1, 0.15) is 0 Å². The predicted molar refractivity (Wildman–Crippen MR) is 44.8 cm³/mol. The Morgan fingerprint density at radius 2 is 2.10 bits per heavy atom. The molecule has 0 aromatic heterocycles. The van der Waals surface area contributed by atoms with Crippen LogP contribution in [0.4, 0.5) is 4.79 Å². The average Bonchev–Trinajstić information content (AvgIpc) is 1.85. The van der Waals surface area contributed by atoms with E-state index in [1.165, 1.54) is 10.8 Å². The topological polar surface area (TPSA) is 29.1 Å². The summed E-state index contributed by atoms with van der Waals surface area (Å²) >= 11 is 0. The van der Waals surface area contributed by atoms with Crippen LogP contribution in [0.25, 0.3) is 0 Å². The maximum Gasteiger partial charge on any atom is 0.289 e. The Labute approximate surface area is 82.4 Å². The fraction of sp³-hybridized carbons (Fsp3) is 0.800. The summed E-state index contributed by atoms with van der Waals surface area (Å²) in [5.74, 6) is 0.974. The summed E-state index contributed by atoms with van der Waals surface area (Å²) in [6.45, 7) is 4.65. The molecule has 0 saturated carbocycles. The van der Waals surface area contributed by atoms with Crippen molar-refractivity contribution >= 4 is 26.8 Å². The quantitative estimate of drug-likeness (QED) is 0.595. The van der Waals surface area contributed by atoms with E-state index in [0.717, 1.165) is 12.3 Å². The van der Waals surface area contributed by atoms with Gasteiger partial charge in [-0.1, -0.05) is 17.7 Å². The van der Waals surface area contributed by atoms with Crippen LogP contribution in [0.2, 0.25) is 0 Å². The molecule has 0 aliphatic rings. The molecule has 0 saturated heterocycles. The molecular formula is C5H11NOS2Zn. The monoisotopic (exact) mass is 229 g/mol. The average molecular weight is 231 g/mol. The third kappa shape index (κ3) is 8.79. The molecule has 0 heterocycles. The molecule has 0 unspecified atom stereocenters. The van der Waals surface area contributed by atoms with Gasteiger partial charge >= 0.3 is 0 Å². The molecule has 0 rings (SSSR count). The third-order valence-electron chi connectivity index (χ3n) is 0.574. The van der Waals surface area contributed by atoms with E-state index in [0.29, 0.717) is 0 Å². The number of hydrogen-bond acceptors (Lipinski definition) is 3. The maximum atomic E-state index is 10.6. The number of carbonyl (C=O) groups is 1. The molecule has 0 atom stereocenters. The predicted octanol–water partition coefficient (Wildman–Crippen LogP) is 2.11. The van der Waals surface area contributed by atoms with Crippen LogP contribution in [0.3, 0.4) is 0 Å². The largest absolute Gasteiger partial charge is 0.347 e. The molecule has 0 radical (unpaired) electrons. The zero-order valence-corrected chi connectivity index (χ0v) is 10.9. The summed E-state index contributed by atoms with van der Waals surface area (Å²) in [7, 11) is 2.83. The Hall–Kier alpha value is 0.793. The zero-order chi connectivity index (χ0) is 7.11. The molecule has 0 aliphatic heterocycles. The minimum Gasteiger partial charge on any atom is -0.347 e. The van der Waals surface area contributed by atoms with Crippen LogP contribution < -0.4 is 5.32 Å². The van der Waals surface area contributed by atoms with Gasteiger partial charge in [0.25, 0.3) is 5.24 Å². The van der Waals surface area contributed by atoms with Crippen LogP contribution in [-0.4, -0.2) is 17.5 Å². The number of amides is 1. The van der Waals surface area contributed by atoms with E-state index >= 15 is 0 Å². The van der Waals surface area contributed by atoms with Gasteiger partial charge in [0.2, 0.25) is 0 Å². The first-order valence-electron chi connectivity index (χ1n) is 2.88. The zero-order valence-electron chi connectivity index (χ0n) is 6.35. The van der Waals surface area contributed by atoms with E-state index in [9.17, 15) is 4.79 Å². The molecule has 10 heavy (non-hydrogen) atoms. The number of carbonyl (C=O) groups excluding carboxylic acids is 1. The second-order valence-electron chi connectivity index (χ2n) is 1.31. The molecule has 5 heteroatoms. The smallest absolute Gasteiger partial charge is 0.289 e. The Morgan fingerprint density at radius 3 is 2.50 bits per heavy atom. The van der Waals surface area contributed by atoms with Gasteiger partial charge in [0, 0.05) is 42.6 Å². The molecule has 1 N–H and O–H groups in total. The van der Waals surface area contributed by atoms with Gasteiger partial charge < -0.3 is 5.32 Å². The summed E-state index contributed by atoms with van der Waals surface area (Å²) in [6.07, 6.45) is 0. The third-order valence-corrected chi connectivity index (χ3v) is 2.74. The molecule has 1 amide bonds. The first-order valence-corrected chi connectivity index (χ1v) is 5.20. The first-order chi connectivity index (χ1) is 4.31. The van der Waals surface area contributed by atoms with Crippen LogP contribution in [0.1, 0.15) is 13.8 Å². The Balaban J connectivity index is 0. The normalized spacial score (nSPS) is 8.20. The Bertz CT molecular complexity index is 91.7. The minimum absolute atomic E-state index is 0. The first kappa shape index (κ1) is 13.4. The SMILES string of the molecule is CCNC(=O)SSCC.[Zn].